The van der Waals surface area contributed by atoms with Crippen molar-refractivity contribution in [3.63, 3.8) is 0 Å². The van der Waals surface area contributed by atoms with Gasteiger partial charge in [0.25, 0.3) is 0 Å². The first kappa shape index (κ1) is 9.90. The molecule has 0 saturated heterocycles. The molecule has 0 amide bonds. The van der Waals surface area contributed by atoms with Crippen LogP contribution >= 0.6 is 0 Å². The number of hydrogen-bond donors (Lipinski definition) is 1. The lowest BCUT2D eigenvalue weighted by Gasteiger charge is -2.08. The van der Waals surface area contributed by atoms with Gasteiger partial charge in [0.1, 0.15) is 0 Å². The highest BCUT2D eigenvalue weighted by Gasteiger charge is 2.06. The molecule has 0 unspecified atom stereocenters. The highest BCUT2D eigenvalue weighted by Crippen LogP contribution is 2.30. The fourth-order valence-corrected chi connectivity index (χ4v) is 1.37. The molecule has 1 N–H and O–H groups in total. The molecule has 1 aromatic carbocycles. The Labute approximate surface area is 79.2 Å². The van der Waals surface area contributed by atoms with Gasteiger partial charge in [-0.15, -0.1) is 0 Å². The largest absolute Gasteiger partial charge is 0.504 e. The number of phenolic OH excluding ortho intramolecular Hbond substituents is 1. The van der Waals surface area contributed by atoms with Crippen molar-refractivity contribution in [2.75, 3.05) is 7.11 Å². The first-order valence-corrected chi connectivity index (χ1v) is 4.64. The molecule has 2 nitrogen and oxygen atoms in total. The van der Waals surface area contributed by atoms with E-state index in [2.05, 4.69) is 6.92 Å². The maximum absolute atomic E-state index is 9.47. The van der Waals surface area contributed by atoms with Gasteiger partial charge in [0.05, 0.1) is 7.11 Å². The summed E-state index contributed by atoms with van der Waals surface area (Å²) in [5.74, 6) is 0.854. The van der Waals surface area contributed by atoms with Crippen LogP contribution in [-0.2, 0) is 6.42 Å². The van der Waals surface area contributed by atoms with E-state index in [0.29, 0.717) is 5.75 Å². The Morgan fingerprint density at radius 3 is 2.77 bits per heavy atom. The highest BCUT2D eigenvalue weighted by molar-refractivity contribution is 5.45. The van der Waals surface area contributed by atoms with E-state index in [-0.39, 0.29) is 5.75 Å². The molecule has 0 radical (unpaired) electrons. The molecule has 72 valence electrons. The van der Waals surface area contributed by atoms with E-state index in [1.54, 1.807) is 13.2 Å². The van der Waals surface area contributed by atoms with E-state index in [9.17, 15) is 5.11 Å². The first-order valence-electron chi connectivity index (χ1n) is 4.64. The fraction of sp³-hybridized carbons (Fsp3) is 0.455. The van der Waals surface area contributed by atoms with Crippen molar-refractivity contribution >= 4 is 0 Å². The summed E-state index contributed by atoms with van der Waals surface area (Å²) in [4.78, 5) is 0. The lowest BCUT2D eigenvalue weighted by molar-refractivity contribution is 0.369. The molecule has 0 saturated carbocycles. The highest BCUT2D eigenvalue weighted by atomic mass is 16.5. The van der Waals surface area contributed by atoms with Crippen LogP contribution < -0.4 is 4.74 Å². The zero-order valence-corrected chi connectivity index (χ0v) is 8.21. The number of aryl methyl sites for hydroxylation is 1. The maximum atomic E-state index is 9.47. The van der Waals surface area contributed by atoms with Gasteiger partial charge >= 0.3 is 0 Å². The predicted molar refractivity (Wildman–Crippen MR) is 53.3 cm³/mol. The van der Waals surface area contributed by atoms with Crippen LogP contribution in [0.4, 0.5) is 0 Å². The number of aromatic hydroxyl groups is 1. The maximum Gasteiger partial charge on any atom is 0.163 e. The Balaban J connectivity index is 2.85. The number of unbranched alkanes of at least 4 members (excludes halogenated alkanes) is 1. The Morgan fingerprint density at radius 1 is 1.38 bits per heavy atom. The van der Waals surface area contributed by atoms with Crippen LogP contribution in [0.1, 0.15) is 25.3 Å². The summed E-state index contributed by atoms with van der Waals surface area (Å²) in [7, 11) is 1.59. The van der Waals surface area contributed by atoms with E-state index >= 15 is 0 Å². The molecular formula is C11H16O2. The van der Waals surface area contributed by atoms with Gasteiger partial charge < -0.3 is 9.84 Å². The third-order valence-corrected chi connectivity index (χ3v) is 2.08. The third-order valence-electron chi connectivity index (χ3n) is 2.08. The minimum Gasteiger partial charge on any atom is -0.504 e. The number of rotatable bonds is 4. The van der Waals surface area contributed by atoms with Crippen molar-refractivity contribution in [2.45, 2.75) is 26.2 Å². The minimum absolute atomic E-state index is 0.233. The zero-order chi connectivity index (χ0) is 9.68. The Hall–Kier alpha value is -1.18. The van der Waals surface area contributed by atoms with E-state index in [1.807, 2.05) is 12.1 Å². The second-order valence-corrected chi connectivity index (χ2v) is 3.07. The molecule has 0 aromatic heterocycles. The SMILES string of the molecule is CCCCc1cccc(O)c1OC. The van der Waals surface area contributed by atoms with E-state index < -0.39 is 0 Å². The van der Waals surface area contributed by atoms with Crippen molar-refractivity contribution in [3.05, 3.63) is 23.8 Å². The number of ether oxygens (including phenoxy) is 1. The monoisotopic (exact) mass is 180 g/mol. The third kappa shape index (κ3) is 2.38. The quantitative estimate of drug-likeness (QED) is 0.772. The van der Waals surface area contributed by atoms with Crippen molar-refractivity contribution in [1.29, 1.82) is 0 Å². The topological polar surface area (TPSA) is 29.5 Å². The van der Waals surface area contributed by atoms with Gasteiger partial charge in [-0.2, -0.15) is 0 Å². The second kappa shape index (κ2) is 4.75. The van der Waals surface area contributed by atoms with Gasteiger partial charge in [0, 0.05) is 0 Å². The first-order chi connectivity index (χ1) is 6.29. The molecule has 0 heterocycles. The Kier molecular flexibility index (Phi) is 3.62. The summed E-state index contributed by atoms with van der Waals surface area (Å²) < 4.78 is 5.12. The van der Waals surface area contributed by atoms with Gasteiger partial charge in [0.2, 0.25) is 0 Å². The van der Waals surface area contributed by atoms with Gasteiger partial charge in [-0.1, -0.05) is 25.5 Å². The molecule has 0 fully saturated rings. The van der Waals surface area contributed by atoms with E-state index in [4.69, 9.17) is 4.74 Å². The minimum atomic E-state index is 0.233. The smallest absolute Gasteiger partial charge is 0.163 e. The van der Waals surface area contributed by atoms with Crippen molar-refractivity contribution in [3.8, 4) is 11.5 Å². The van der Waals surface area contributed by atoms with Crippen LogP contribution in [0.15, 0.2) is 18.2 Å². The molecular weight excluding hydrogens is 164 g/mol. The molecule has 2 heteroatoms. The number of para-hydroxylation sites is 1. The standard InChI is InChI=1S/C11H16O2/c1-3-4-6-9-7-5-8-10(12)11(9)13-2/h5,7-8,12H,3-4,6H2,1-2H3. The molecule has 0 atom stereocenters. The Bertz CT molecular complexity index is 269. The van der Waals surface area contributed by atoms with E-state index in [0.717, 1.165) is 24.8 Å². The van der Waals surface area contributed by atoms with Crippen LogP contribution in [0.2, 0.25) is 0 Å². The lowest BCUT2D eigenvalue weighted by atomic mass is 10.1. The van der Waals surface area contributed by atoms with Crippen molar-refractivity contribution in [1.82, 2.24) is 0 Å². The summed E-state index contributed by atoms with van der Waals surface area (Å²) in [5.41, 5.74) is 1.09. The molecule has 1 rings (SSSR count). The van der Waals surface area contributed by atoms with Crippen LogP contribution in [-0.4, -0.2) is 12.2 Å². The molecule has 0 bridgehead atoms. The number of benzene rings is 1. The molecule has 13 heavy (non-hydrogen) atoms. The second-order valence-electron chi connectivity index (χ2n) is 3.07. The summed E-state index contributed by atoms with van der Waals surface area (Å²) in [6, 6.07) is 5.49. The van der Waals surface area contributed by atoms with Crippen LogP contribution in [0.5, 0.6) is 11.5 Å². The molecule has 0 aliphatic heterocycles. The Morgan fingerprint density at radius 2 is 2.15 bits per heavy atom. The number of methoxy groups -OCH3 is 1. The van der Waals surface area contributed by atoms with Crippen LogP contribution in [0.25, 0.3) is 0 Å². The summed E-state index contributed by atoms with van der Waals surface area (Å²) in [6.45, 7) is 2.15. The van der Waals surface area contributed by atoms with Gasteiger partial charge in [-0.05, 0) is 24.5 Å². The van der Waals surface area contributed by atoms with E-state index in [1.165, 1.54) is 0 Å². The fourth-order valence-electron chi connectivity index (χ4n) is 1.37. The van der Waals surface area contributed by atoms with Gasteiger partial charge in [0.15, 0.2) is 11.5 Å². The van der Waals surface area contributed by atoms with Gasteiger partial charge in [-0.3, -0.25) is 0 Å². The summed E-state index contributed by atoms with van der Waals surface area (Å²) in [5, 5.41) is 9.47. The predicted octanol–water partition coefficient (Wildman–Crippen LogP) is 2.74. The number of phenols is 1. The molecule has 0 spiro atoms. The average Bonchev–Trinajstić information content (AvgIpc) is 2.15. The zero-order valence-electron chi connectivity index (χ0n) is 8.21. The van der Waals surface area contributed by atoms with Crippen molar-refractivity contribution < 1.29 is 9.84 Å². The molecule has 1 aromatic rings. The van der Waals surface area contributed by atoms with Crippen molar-refractivity contribution in [2.24, 2.45) is 0 Å². The summed E-state index contributed by atoms with van der Waals surface area (Å²) >= 11 is 0. The normalized spacial score (nSPS) is 10.0. The molecule has 0 aliphatic rings. The van der Waals surface area contributed by atoms with Gasteiger partial charge in [-0.25, -0.2) is 0 Å². The number of hydrogen-bond acceptors (Lipinski definition) is 2. The lowest BCUT2D eigenvalue weighted by Crippen LogP contribution is -1.92. The van der Waals surface area contributed by atoms with Crippen LogP contribution in [0.3, 0.4) is 0 Å². The van der Waals surface area contributed by atoms with Crippen LogP contribution in [0, 0.1) is 0 Å². The molecule has 0 aliphatic carbocycles. The average molecular weight is 180 g/mol. The summed E-state index contributed by atoms with van der Waals surface area (Å²) in [6.07, 6.45) is 3.24.